The quantitative estimate of drug-likeness (QED) is 0.492. The van der Waals surface area contributed by atoms with Gasteiger partial charge in [-0.05, 0) is 0 Å². The van der Waals surface area contributed by atoms with E-state index in [-0.39, 0.29) is 6.10 Å². The summed E-state index contributed by atoms with van der Waals surface area (Å²) in [7, 11) is 0. The lowest BCUT2D eigenvalue weighted by molar-refractivity contribution is -0.975. The van der Waals surface area contributed by atoms with Crippen molar-refractivity contribution < 1.29 is 14.7 Å². The van der Waals surface area contributed by atoms with Crippen LogP contribution in [0.5, 0.6) is 0 Å². The number of nitrogens with zero attached hydrogens (tertiary/aromatic N) is 2. The minimum Gasteiger partial charge on any atom is -0.391 e. The number of alkyl halides is 1. The van der Waals surface area contributed by atoms with Gasteiger partial charge < -0.3 is 14.7 Å². The summed E-state index contributed by atoms with van der Waals surface area (Å²) >= 11 is 5.57. The molecule has 2 aliphatic heterocycles. The maximum Gasteiger partial charge on any atom is 0.152 e. The number of β-amino-alcohol motifs (C(OH)–C–C–N with tert-alkyl or cyclic N) is 1. The number of aliphatic hydroxyl groups excluding tert-OH is 2. The number of rotatable bonds is 3. The molecule has 2 N–H and O–H groups in total. The maximum absolute atomic E-state index is 9.43. The molecule has 15 heavy (non-hydrogen) atoms. The van der Waals surface area contributed by atoms with Gasteiger partial charge in [0.25, 0.3) is 0 Å². The number of hydrogen-bond acceptors (Lipinski definition) is 3. The van der Waals surface area contributed by atoms with Crippen molar-refractivity contribution in [3.05, 3.63) is 0 Å². The van der Waals surface area contributed by atoms with Crippen LogP contribution in [0.1, 0.15) is 0 Å². The Bertz CT molecular complexity index is 211. The average Bonchev–Trinajstić information content (AvgIpc) is 2.19. The minimum absolute atomic E-state index is 0.0787. The minimum atomic E-state index is -0.403. The molecule has 0 aromatic carbocycles. The first-order valence-corrected chi connectivity index (χ1v) is 6.16. The highest BCUT2D eigenvalue weighted by Gasteiger charge is 2.44. The summed E-state index contributed by atoms with van der Waals surface area (Å²) in [5.74, 6) is 0.315. The summed E-state index contributed by atoms with van der Waals surface area (Å²) < 4.78 is 1.08. The van der Waals surface area contributed by atoms with Gasteiger partial charge in [0, 0.05) is 25.5 Å². The smallest absolute Gasteiger partial charge is 0.152 e. The summed E-state index contributed by atoms with van der Waals surface area (Å²) in [6, 6.07) is 0. The lowest BCUT2D eigenvalue weighted by atomic mass is 10.0. The van der Waals surface area contributed by atoms with Crippen LogP contribution in [0.25, 0.3) is 0 Å². The molecule has 4 nitrogen and oxygen atoms in total. The molecule has 5 heteroatoms. The molecule has 88 valence electrons. The van der Waals surface area contributed by atoms with Crippen LogP contribution in [0, 0.1) is 0 Å². The summed E-state index contributed by atoms with van der Waals surface area (Å²) in [6.07, 6.45) is -0.481. The molecule has 0 aromatic rings. The van der Waals surface area contributed by atoms with Crippen molar-refractivity contribution in [1.29, 1.82) is 0 Å². The fourth-order valence-corrected chi connectivity index (χ4v) is 2.76. The number of quaternary nitrogens is 1. The van der Waals surface area contributed by atoms with Crippen LogP contribution < -0.4 is 0 Å². The Hall–Kier alpha value is 0.130. The Morgan fingerprint density at radius 1 is 1.33 bits per heavy atom. The van der Waals surface area contributed by atoms with Crippen molar-refractivity contribution >= 4 is 11.6 Å². The van der Waals surface area contributed by atoms with Crippen LogP contribution in [0.4, 0.5) is 0 Å². The van der Waals surface area contributed by atoms with E-state index in [1.807, 2.05) is 0 Å². The van der Waals surface area contributed by atoms with Gasteiger partial charge in [-0.15, -0.1) is 11.6 Å². The second kappa shape index (κ2) is 4.55. The summed E-state index contributed by atoms with van der Waals surface area (Å²) in [5, 5.41) is 18.8. The van der Waals surface area contributed by atoms with E-state index in [1.165, 1.54) is 0 Å². The Morgan fingerprint density at radius 2 is 1.93 bits per heavy atom. The van der Waals surface area contributed by atoms with E-state index in [4.69, 9.17) is 11.6 Å². The predicted molar refractivity (Wildman–Crippen MR) is 58.9 cm³/mol. The van der Waals surface area contributed by atoms with E-state index in [0.717, 1.165) is 43.8 Å². The highest BCUT2D eigenvalue weighted by atomic mass is 35.5. The Labute approximate surface area is 95.6 Å². The van der Waals surface area contributed by atoms with E-state index in [9.17, 15) is 10.2 Å². The fourth-order valence-electron chi connectivity index (χ4n) is 2.67. The second-order valence-corrected chi connectivity index (χ2v) is 5.23. The predicted octanol–water partition coefficient (Wildman–Crippen LogP) is -0.907. The first-order chi connectivity index (χ1) is 7.13. The highest BCUT2D eigenvalue weighted by molar-refractivity contribution is 6.18. The van der Waals surface area contributed by atoms with Crippen LogP contribution in [0.3, 0.4) is 0 Å². The highest BCUT2D eigenvalue weighted by Crippen LogP contribution is 2.23. The SMILES string of the molecule is OC(CCl)CN1CC[N+]2(CC1)CC(O)C2. The molecule has 1 atom stereocenters. The summed E-state index contributed by atoms with van der Waals surface area (Å²) in [6.45, 7) is 6.77. The molecule has 0 radical (unpaired) electrons. The molecular formula is C10H20ClN2O2+. The van der Waals surface area contributed by atoms with Gasteiger partial charge >= 0.3 is 0 Å². The van der Waals surface area contributed by atoms with Gasteiger partial charge in [0.05, 0.1) is 19.2 Å². The van der Waals surface area contributed by atoms with Crippen LogP contribution in [-0.4, -0.2) is 83.5 Å². The largest absolute Gasteiger partial charge is 0.391 e. The monoisotopic (exact) mass is 235 g/mol. The van der Waals surface area contributed by atoms with Crippen molar-refractivity contribution in [2.45, 2.75) is 12.2 Å². The van der Waals surface area contributed by atoms with Crippen molar-refractivity contribution in [3.63, 3.8) is 0 Å². The molecule has 1 spiro atoms. The zero-order valence-electron chi connectivity index (χ0n) is 8.98. The van der Waals surface area contributed by atoms with Crippen molar-refractivity contribution in [3.8, 4) is 0 Å². The van der Waals surface area contributed by atoms with Gasteiger partial charge in [-0.3, -0.25) is 4.90 Å². The van der Waals surface area contributed by atoms with E-state index in [2.05, 4.69) is 4.90 Å². The lowest BCUT2D eigenvalue weighted by Gasteiger charge is -2.52. The number of halogens is 1. The molecule has 0 aromatic heterocycles. The summed E-state index contributed by atoms with van der Waals surface area (Å²) in [5.41, 5.74) is 0. The number of hydrogen-bond donors (Lipinski definition) is 2. The van der Waals surface area contributed by atoms with E-state index in [1.54, 1.807) is 0 Å². The molecule has 2 fully saturated rings. The second-order valence-electron chi connectivity index (χ2n) is 4.92. The zero-order valence-corrected chi connectivity index (χ0v) is 9.73. The van der Waals surface area contributed by atoms with E-state index in [0.29, 0.717) is 12.4 Å². The Morgan fingerprint density at radius 3 is 2.40 bits per heavy atom. The third-order valence-electron chi connectivity index (χ3n) is 3.62. The first-order valence-electron chi connectivity index (χ1n) is 5.63. The Balaban J connectivity index is 1.73. The van der Waals surface area contributed by atoms with Crippen LogP contribution in [0.2, 0.25) is 0 Å². The van der Waals surface area contributed by atoms with Crippen molar-refractivity contribution in [2.75, 3.05) is 51.7 Å². The summed E-state index contributed by atoms with van der Waals surface area (Å²) in [4.78, 5) is 2.27. The van der Waals surface area contributed by atoms with Gasteiger partial charge in [-0.2, -0.15) is 0 Å². The lowest BCUT2D eigenvalue weighted by Crippen LogP contribution is -2.72. The molecule has 2 rings (SSSR count). The van der Waals surface area contributed by atoms with Crippen LogP contribution in [-0.2, 0) is 0 Å². The molecule has 2 heterocycles. The van der Waals surface area contributed by atoms with Gasteiger partial charge in [-0.1, -0.05) is 0 Å². The Kier molecular flexibility index (Phi) is 3.52. The van der Waals surface area contributed by atoms with Crippen molar-refractivity contribution in [1.82, 2.24) is 4.90 Å². The molecule has 0 aliphatic carbocycles. The van der Waals surface area contributed by atoms with Gasteiger partial charge in [0.1, 0.15) is 13.1 Å². The molecule has 0 saturated carbocycles. The van der Waals surface area contributed by atoms with Gasteiger partial charge in [0.15, 0.2) is 6.10 Å². The molecular weight excluding hydrogens is 216 g/mol. The third kappa shape index (κ3) is 2.63. The molecule has 1 unspecified atom stereocenters. The third-order valence-corrected chi connectivity index (χ3v) is 3.98. The average molecular weight is 236 g/mol. The normalized spacial score (nSPS) is 29.0. The number of aliphatic hydroxyl groups is 2. The zero-order chi connectivity index (χ0) is 10.9. The fraction of sp³-hybridized carbons (Fsp3) is 1.00. The van der Waals surface area contributed by atoms with Crippen LogP contribution in [0.15, 0.2) is 0 Å². The van der Waals surface area contributed by atoms with E-state index >= 15 is 0 Å². The number of piperazine rings is 1. The molecule has 2 saturated heterocycles. The van der Waals surface area contributed by atoms with Gasteiger partial charge in [0.2, 0.25) is 0 Å². The topological polar surface area (TPSA) is 43.7 Å². The van der Waals surface area contributed by atoms with Gasteiger partial charge in [-0.25, -0.2) is 0 Å². The van der Waals surface area contributed by atoms with E-state index < -0.39 is 6.10 Å². The van der Waals surface area contributed by atoms with Crippen molar-refractivity contribution in [2.24, 2.45) is 0 Å². The molecule has 2 aliphatic rings. The molecule has 0 bridgehead atoms. The first kappa shape index (κ1) is 11.6. The molecule has 0 amide bonds. The maximum atomic E-state index is 9.43. The van der Waals surface area contributed by atoms with Crippen LogP contribution >= 0.6 is 11.6 Å². The standard InChI is InChI=1S/C10H20ClN2O2/c11-5-9(14)6-12-1-3-13(4-2-12)7-10(15)8-13/h9-10,14-15H,1-8H2/q+1.